The largest absolute Gasteiger partial charge is 0.385 e. The maximum atomic E-state index is 9.92. The van der Waals surface area contributed by atoms with E-state index in [1.165, 1.54) is 5.57 Å². The summed E-state index contributed by atoms with van der Waals surface area (Å²) in [5.41, 5.74) is 2.64. The van der Waals surface area contributed by atoms with Crippen molar-refractivity contribution in [2.45, 2.75) is 53.1 Å². The molecule has 0 radical (unpaired) electrons. The molecule has 0 saturated heterocycles. The van der Waals surface area contributed by atoms with Gasteiger partial charge in [0.1, 0.15) is 0 Å². The first-order chi connectivity index (χ1) is 7.41. The van der Waals surface area contributed by atoms with Crippen LogP contribution in [0, 0.1) is 5.41 Å². The van der Waals surface area contributed by atoms with E-state index in [-0.39, 0.29) is 5.41 Å². The highest BCUT2D eigenvalue weighted by atomic mass is 16.3. The minimum absolute atomic E-state index is 0.132. The van der Waals surface area contributed by atoms with Gasteiger partial charge in [0.15, 0.2) is 0 Å². The van der Waals surface area contributed by atoms with Gasteiger partial charge in [0, 0.05) is 0 Å². The molecule has 0 aromatic rings. The van der Waals surface area contributed by atoms with Crippen LogP contribution in [0.5, 0.6) is 0 Å². The van der Waals surface area contributed by atoms with E-state index >= 15 is 0 Å². The normalized spacial score (nSPS) is 35.2. The van der Waals surface area contributed by atoms with Crippen LogP contribution in [0.2, 0.25) is 0 Å². The minimum Gasteiger partial charge on any atom is -0.385 e. The number of hydrogen-bond donors (Lipinski definition) is 1. The Morgan fingerprint density at radius 2 is 1.94 bits per heavy atom. The zero-order chi connectivity index (χ0) is 12.2. The monoisotopic (exact) mass is 220 g/mol. The van der Waals surface area contributed by atoms with Crippen LogP contribution in [0.15, 0.2) is 35.5 Å². The Morgan fingerprint density at radius 1 is 1.25 bits per heavy atom. The van der Waals surface area contributed by atoms with Crippen molar-refractivity contribution in [1.82, 2.24) is 0 Å². The van der Waals surface area contributed by atoms with E-state index in [4.69, 9.17) is 0 Å². The average Bonchev–Trinajstić information content (AvgIpc) is 2.23. The predicted molar refractivity (Wildman–Crippen MR) is 70.3 cm³/mol. The molecular weight excluding hydrogens is 196 g/mol. The molecular formula is C15H24O. The van der Waals surface area contributed by atoms with Gasteiger partial charge >= 0.3 is 0 Å². The Kier molecular flexibility index (Phi) is 4.55. The summed E-state index contributed by atoms with van der Waals surface area (Å²) in [5.74, 6) is 0. The van der Waals surface area contributed by atoms with Gasteiger partial charge in [0.2, 0.25) is 0 Å². The lowest BCUT2D eigenvalue weighted by atomic mass is 9.87. The maximum Gasteiger partial charge on any atom is 0.0929 e. The molecule has 1 aliphatic rings. The summed E-state index contributed by atoms with van der Waals surface area (Å²) in [7, 11) is 0. The van der Waals surface area contributed by atoms with Gasteiger partial charge in [-0.3, -0.25) is 0 Å². The van der Waals surface area contributed by atoms with Crippen molar-refractivity contribution < 1.29 is 5.11 Å². The van der Waals surface area contributed by atoms with E-state index in [1.54, 1.807) is 0 Å². The molecule has 16 heavy (non-hydrogen) atoms. The highest BCUT2D eigenvalue weighted by Gasteiger charge is 2.13. The van der Waals surface area contributed by atoms with E-state index < -0.39 is 6.10 Å². The SMILES string of the molecule is C/C1=C\CC(C)(C)/C=C/C(O)/C(C)=C/CC1. The molecule has 1 aliphatic carbocycles. The number of rotatable bonds is 0. The molecule has 0 amide bonds. The summed E-state index contributed by atoms with van der Waals surface area (Å²) in [6.45, 7) is 8.60. The molecule has 90 valence electrons. The van der Waals surface area contributed by atoms with Crippen LogP contribution in [0.25, 0.3) is 0 Å². The standard InChI is InChI=1S/C15H24O/c1-12-6-5-7-13(2)14(16)9-11-15(3,4)10-8-12/h7-9,11,14,16H,5-6,10H2,1-4H3/b11-9+,12-8+,13-7+. The lowest BCUT2D eigenvalue weighted by molar-refractivity contribution is 0.256. The summed E-state index contributed by atoms with van der Waals surface area (Å²) < 4.78 is 0. The van der Waals surface area contributed by atoms with Crippen molar-refractivity contribution in [3.8, 4) is 0 Å². The second-order valence-corrected chi connectivity index (χ2v) is 5.53. The van der Waals surface area contributed by atoms with Crippen LogP contribution in [-0.4, -0.2) is 11.2 Å². The summed E-state index contributed by atoms with van der Waals surface area (Å²) in [5, 5.41) is 9.92. The first kappa shape index (κ1) is 13.2. The molecule has 0 spiro atoms. The smallest absolute Gasteiger partial charge is 0.0929 e. The second-order valence-electron chi connectivity index (χ2n) is 5.53. The van der Waals surface area contributed by atoms with Crippen LogP contribution >= 0.6 is 0 Å². The average molecular weight is 220 g/mol. The van der Waals surface area contributed by atoms with Crippen LogP contribution in [0.1, 0.15) is 47.0 Å². The lowest BCUT2D eigenvalue weighted by Crippen LogP contribution is -2.09. The Morgan fingerprint density at radius 3 is 2.62 bits per heavy atom. The van der Waals surface area contributed by atoms with Gasteiger partial charge in [-0.1, -0.05) is 43.7 Å². The molecule has 1 atom stereocenters. The first-order valence-corrected chi connectivity index (χ1v) is 6.10. The van der Waals surface area contributed by atoms with Crippen molar-refractivity contribution in [2.24, 2.45) is 5.41 Å². The molecule has 1 heteroatoms. The molecule has 0 bridgehead atoms. The van der Waals surface area contributed by atoms with Crippen molar-refractivity contribution in [2.75, 3.05) is 0 Å². The molecule has 0 heterocycles. The van der Waals surface area contributed by atoms with E-state index in [0.29, 0.717) is 0 Å². The van der Waals surface area contributed by atoms with E-state index in [9.17, 15) is 5.11 Å². The molecule has 0 aromatic heterocycles. The number of aliphatic hydroxyl groups excluding tert-OH is 1. The van der Waals surface area contributed by atoms with Crippen LogP contribution in [0.4, 0.5) is 0 Å². The van der Waals surface area contributed by atoms with Gasteiger partial charge in [0.25, 0.3) is 0 Å². The quantitative estimate of drug-likeness (QED) is 0.612. The highest BCUT2D eigenvalue weighted by molar-refractivity contribution is 5.16. The molecule has 1 N–H and O–H groups in total. The van der Waals surface area contributed by atoms with Crippen molar-refractivity contribution in [3.63, 3.8) is 0 Å². The van der Waals surface area contributed by atoms with E-state index in [1.807, 2.05) is 13.0 Å². The summed E-state index contributed by atoms with van der Waals surface area (Å²) in [6.07, 6.45) is 11.3. The van der Waals surface area contributed by atoms with Gasteiger partial charge in [-0.15, -0.1) is 0 Å². The third-order valence-electron chi connectivity index (χ3n) is 3.18. The predicted octanol–water partition coefficient (Wildman–Crippen LogP) is 4.01. The zero-order valence-corrected chi connectivity index (χ0v) is 11.0. The summed E-state index contributed by atoms with van der Waals surface area (Å²) in [4.78, 5) is 0. The summed E-state index contributed by atoms with van der Waals surface area (Å²) in [6, 6.07) is 0. The molecule has 0 fully saturated rings. The maximum absolute atomic E-state index is 9.92. The lowest BCUT2D eigenvalue weighted by Gasteiger charge is -2.19. The second kappa shape index (κ2) is 5.49. The van der Waals surface area contributed by atoms with E-state index in [0.717, 1.165) is 24.8 Å². The van der Waals surface area contributed by atoms with Crippen molar-refractivity contribution in [3.05, 3.63) is 35.5 Å². The van der Waals surface area contributed by atoms with Crippen molar-refractivity contribution in [1.29, 1.82) is 0 Å². The van der Waals surface area contributed by atoms with Gasteiger partial charge in [-0.2, -0.15) is 0 Å². The van der Waals surface area contributed by atoms with Gasteiger partial charge in [0.05, 0.1) is 6.10 Å². The zero-order valence-electron chi connectivity index (χ0n) is 11.0. The first-order valence-electron chi connectivity index (χ1n) is 6.10. The molecule has 1 unspecified atom stereocenters. The Balaban J connectivity index is 2.90. The number of hydrogen-bond acceptors (Lipinski definition) is 1. The van der Waals surface area contributed by atoms with Gasteiger partial charge in [-0.25, -0.2) is 0 Å². The minimum atomic E-state index is -0.419. The Bertz CT molecular complexity index is 318. The molecule has 0 saturated carbocycles. The van der Waals surface area contributed by atoms with Gasteiger partial charge in [-0.05, 0) is 44.1 Å². The fourth-order valence-corrected chi connectivity index (χ4v) is 1.76. The third-order valence-corrected chi connectivity index (χ3v) is 3.18. The Labute approximate surface area is 99.6 Å². The molecule has 1 nitrogen and oxygen atoms in total. The molecule has 0 aliphatic heterocycles. The van der Waals surface area contributed by atoms with Crippen molar-refractivity contribution >= 4 is 0 Å². The number of aliphatic hydroxyl groups is 1. The van der Waals surface area contributed by atoms with Crippen LogP contribution in [-0.2, 0) is 0 Å². The fourth-order valence-electron chi connectivity index (χ4n) is 1.76. The van der Waals surface area contributed by atoms with Gasteiger partial charge < -0.3 is 5.11 Å². The number of allylic oxidation sites excluding steroid dienone is 4. The van der Waals surface area contributed by atoms with Crippen LogP contribution < -0.4 is 0 Å². The highest BCUT2D eigenvalue weighted by Crippen LogP contribution is 2.25. The van der Waals surface area contributed by atoms with Crippen LogP contribution in [0.3, 0.4) is 0 Å². The topological polar surface area (TPSA) is 20.2 Å². The molecule has 0 aromatic carbocycles. The van der Waals surface area contributed by atoms with E-state index in [2.05, 4.69) is 39.0 Å². The summed E-state index contributed by atoms with van der Waals surface area (Å²) >= 11 is 0. The molecule has 1 rings (SSSR count). The third kappa shape index (κ3) is 4.36. The fraction of sp³-hybridized carbons (Fsp3) is 0.600. The Hall–Kier alpha value is -0.820.